The summed E-state index contributed by atoms with van der Waals surface area (Å²) < 4.78 is 29.2. The molecule has 4 amide bonds. The molecular formula is C29H48N4O12. The molecule has 0 aromatic heterocycles. The molecule has 45 heavy (non-hydrogen) atoms. The fourth-order valence-electron chi connectivity index (χ4n) is 3.23. The number of carbonyl (C=O) groups excluding carboxylic acids is 6. The molecule has 0 aliphatic carbocycles. The quantitative estimate of drug-likeness (QED) is 0.0464. The van der Waals surface area contributed by atoms with Crippen LogP contribution in [0.1, 0.15) is 57.8 Å². The van der Waals surface area contributed by atoms with Gasteiger partial charge in [-0.15, -0.1) is 0 Å². The van der Waals surface area contributed by atoms with Crippen LogP contribution in [0.5, 0.6) is 0 Å². The molecule has 256 valence electrons. The second-order valence-electron chi connectivity index (χ2n) is 9.18. The first-order chi connectivity index (χ1) is 21.8. The zero-order chi connectivity index (χ0) is 33.4. The Morgan fingerprint density at radius 3 is 0.933 bits per heavy atom. The smallest absolute Gasteiger partial charge is 0.407 e. The van der Waals surface area contributed by atoms with Crippen LogP contribution in [0, 0.1) is 0 Å². The van der Waals surface area contributed by atoms with Gasteiger partial charge in [0, 0.05) is 44.8 Å². The number of hydrogen-bond donors (Lipinski definition) is 4. The van der Waals surface area contributed by atoms with Crippen molar-refractivity contribution in [2.75, 3.05) is 65.8 Å². The van der Waals surface area contributed by atoms with Gasteiger partial charge in [-0.2, -0.15) is 0 Å². The second-order valence-corrected chi connectivity index (χ2v) is 9.18. The summed E-state index contributed by atoms with van der Waals surface area (Å²) in [5, 5.41) is 10.5. The van der Waals surface area contributed by atoms with Crippen molar-refractivity contribution in [2.45, 2.75) is 57.8 Å². The van der Waals surface area contributed by atoms with Gasteiger partial charge in [0.25, 0.3) is 0 Å². The molecule has 0 atom stereocenters. The number of carbonyl (C=O) groups is 6. The molecule has 0 saturated carbocycles. The van der Waals surface area contributed by atoms with E-state index in [0.717, 1.165) is 63.5 Å². The lowest BCUT2D eigenvalue weighted by atomic mass is 10.2. The molecule has 0 aliphatic rings. The molecule has 16 nitrogen and oxygen atoms in total. The maximum Gasteiger partial charge on any atom is 0.407 e. The van der Waals surface area contributed by atoms with Crippen LogP contribution < -0.4 is 21.3 Å². The van der Waals surface area contributed by atoms with E-state index in [9.17, 15) is 28.8 Å². The normalized spacial score (nSPS) is 9.96. The molecule has 0 rings (SSSR count). The van der Waals surface area contributed by atoms with E-state index >= 15 is 0 Å². The predicted molar refractivity (Wildman–Crippen MR) is 161 cm³/mol. The summed E-state index contributed by atoms with van der Waals surface area (Å²) >= 11 is 0. The topological polar surface area (TPSA) is 206 Å². The Bertz CT molecular complexity index is 830. The van der Waals surface area contributed by atoms with Gasteiger partial charge in [-0.05, 0) is 25.7 Å². The van der Waals surface area contributed by atoms with Crippen molar-refractivity contribution in [3.8, 4) is 0 Å². The number of unbranched alkanes of at least 4 members (excludes halogenated alkanes) is 6. The minimum atomic E-state index is -0.583. The first-order valence-corrected chi connectivity index (χ1v) is 15.0. The zero-order valence-electron chi connectivity index (χ0n) is 25.9. The Morgan fingerprint density at radius 1 is 0.378 bits per heavy atom. The lowest BCUT2D eigenvalue weighted by Crippen LogP contribution is -2.28. The second kappa shape index (κ2) is 29.6. The lowest BCUT2D eigenvalue weighted by molar-refractivity contribution is -0.139. The predicted octanol–water partition coefficient (Wildman–Crippen LogP) is 2.86. The van der Waals surface area contributed by atoms with Crippen LogP contribution in [-0.2, 0) is 38.0 Å². The molecule has 4 N–H and O–H groups in total. The van der Waals surface area contributed by atoms with Crippen LogP contribution in [0.2, 0.25) is 0 Å². The molecular weight excluding hydrogens is 596 g/mol. The molecule has 0 bridgehead atoms. The molecule has 16 heteroatoms. The Morgan fingerprint density at radius 2 is 0.644 bits per heavy atom. The number of hydrogen-bond acceptors (Lipinski definition) is 12. The first-order valence-electron chi connectivity index (χ1n) is 15.0. The molecule has 0 aromatic carbocycles. The van der Waals surface area contributed by atoms with Crippen molar-refractivity contribution in [1.29, 1.82) is 0 Å². The maximum absolute atomic E-state index is 11.7. The molecule has 0 heterocycles. The van der Waals surface area contributed by atoms with Gasteiger partial charge in [-0.25, -0.2) is 28.8 Å². The van der Waals surface area contributed by atoms with Gasteiger partial charge in [-0.1, -0.05) is 38.8 Å². The highest BCUT2D eigenvalue weighted by atomic mass is 16.6. The van der Waals surface area contributed by atoms with Gasteiger partial charge in [-0.3, -0.25) is 0 Å². The van der Waals surface area contributed by atoms with Crippen LogP contribution in [0.3, 0.4) is 0 Å². The molecule has 0 radical (unpaired) electrons. The van der Waals surface area contributed by atoms with E-state index in [0.29, 0.717) is 32.6 Å². The Labute approximate surface area is 263 Å². The van der Waals surface area contributed by atoms with Gasteiger partial charge in [0.2, 0.25) is 0 Å². The summed E-state index contributed by atoms with van der Waals surface area (Å²) in [6.45, 7) is 8.40. The van der Waals surface area contributed by atoms with E-state index in [1.807, 2.05) is 0 Å². The fraction of sp³-hybridized carbons (Fsp3) is 0.655. The third-order valence-electron chi connectivity index (χ3n) is 5.49. The monoisotopic (exact) mass is 644 g/mol. The van der Waals surface area contributed by atoms with Crippen LogP contribution in [0.25, 0.3) is 0 Å². The summed E-state index contributed by atoms with van der Waals surface area (Å²) in [5.41, 5.74) is 0. The summed E-state index contributed by atoms with van der Waals surface area (Å²) in [7, 11) is 0. The Kier molecular flexibility index (Phi) is 26.6. The minimum Gasteiger partial charge on any atom is -0.459 e. The minimum absolute atomic E-state index is 0.0343. The molecule has 0 aliphatic heterocycles. The van der Waals surface area contributed by atoms with Crippen molar-refractivity contribution < 1.29 is 57.2 Å². The SMILES string of the molecule is C=CC(=O)OCCOC(=O)NCCCCCCNC(=O)OCCCOC(=O)NCCCCCCNC(=O)OCCOC(=O)C=C. The Hall–Kier alpha value is -4.50. The largest absolute Gasteiger partial charge is 0.459 e. The van der Waals surface area contributed by atoms with Gasteiger partial charge < -0.3 is 49.7 Å². The van der Waals surface area contributed by atoms with Crippen molar-refractivity contribution in [2.24, 2.45) is 0 Å². The summed E-state index contributed by atoms with van der Waals surface area (Å²) in [5.74, 6) is -1.16. The van der Waals surface area contributed by atoms with Crippen molar-refractivity contribution >= 4 is 36.3 Å². The van der Waals surface area contributed by atoms with E-state index < -0.39 is 36.3 Å². The van der Waals surface area contributed by atoms with Gasteiger partial charge in [0.1, 0.15) is 26.4 Å². The van der Waals surface area contributed by atoms with Crippen LogP contribution >= 0.6 is 0 Å². The van der Waals surface area contributed by atoms with Crippen molar-refractivity contribution in [1.82, 2.24) is 21.3 Å². The van der Waals surface area contributed by atoms with E-state index in [1.165, 1.54) is 0 Å². The van der Waals surface area contributed by atoms with E-state index in [2.05, 4.69) is 43.9 Å². The van der Waals surface area contributed by atoms with Crippen molar-refractivity contribution in [3.05, 3.63) is 25.3 Å². The summed E-state index contributed by atoms with van der Waals surface area (Å²) in [4.78, 5) is 68.0. The maximum atomic E-state index is 11.7. The van der Waals surface area contributed by atoms with Crippen LogP contribution in [0.4, 0.5) is 19.2 Å². The number of rotatable bonds is 26. The van der Waals surface area contributed by atoms with E-state index in [1.54, 1.807) is 0 Å². The van der Waals surface area contributed by atoms with Gasteiger partial charge >= 0.3 is 36.3 Å². The fourth-order valence-corrected chi connectivity index (χ4v) is 3.23. The van der Waals surface area contributed by atoms with E-state index in [-0.39, 0.29) is 39.6 Å². The number of esters is 2. The van der Waals surface area contributed by atoms with Crippen LogP contribution in [0.15, 0.2) is 25.3 Å². The highest BCUT2D eigenvalue weighted by Gasteiger charge is 2.06. The summed E-state index contributed by atoms with van der Waals surface area (Å²) in [6, 6.07) is 0. The third-order valence-corrected chi connectivity index (χ3v) is 5.49. The van der Waals surface area contributed by atoms with Gasteiger partial charge in [0.15, 0.2) is 0 Å². The molecule has 0 spiro atoms. The summed E-state index contributed by atoms with van der Waals surface area (Å²) in [6.07, 6.45) is 6.57. The molecule has 0 fully saturated rings. The Balaban J connectivity index is 3.43. The molecule has 0 saturated heterocycles. The average molecular weight is 645 g/mol. The lowest BCUT2D eigenvalue weighted by Gasteiger charge is -2.09. The highest BCUT2D eigenvalue weighted by Crippen LogP contribution is 2.00. The van der Waals surface area contributed by atoms with Gasteiger partial charge in [0.05, 0.1) is 13.2 Å². The molecule has 0 aromatic rings. The van der Waals surface area contributed by atoms with Crippen LogP contribution in [-0.4, -0.2) is 102 Å². The molecule has 0 unspecified atom stereocenters. The number of ether oxygens (including phenoxy) is 6. The first kappa shape index (κ1) is 40.5. The zero-order valence-corrected chi connectivity index (χ0v) is 25.9. The number of nitrogens with one attached hydrogen (secondary N) is 4. The number of amides is 4. The van der Waals surface area contributed by atoms with Crippen molar-refractivity contribution in [3.63, 3.8) is 0 Å². The van der Waals surface area contributed by atoms with E-state index in [4.69, 9.17) is 18.9 Å². The average Bonchev–Trinajstić information content (AvgIpc) is 3.03. The third kappa shape index (κ3) is 29.4. The standard InChI is InChI=1S/C29H48N4O12/c1-3-24(34)40-20-22-44-28(38)32-16-11-7-5-9-14-30-26(36)42-18-13-19-43-27(37)31-15-10-6-8-12-17-33-29(39)45-23-21-41-25(35)4-2/h3-4H,1-2,5-23H2,(H,30,36)(H,31,37)(H,32,38)(H,33,39). The highest BCUT2D eigenvalue weighted by molar-refractivity contribution is 5.81. The number of alkyl carbamates (subject to hydrolysis) is 4.